The van der Waals surface area contributed by atoms with Crippen molar-refractivity contribution in [2.45, 2.75) is 99.9 Å². The molecule has 2 aliphatic carbocycles. The summed E-state index contributed by atoms with van der Waals surface area (Å²) in [5, 5.41) is 51.5. The van der Waals surface area contributed by atoms with Gasteiger partial charge in [0.05, 0.1) is 36.1 Å². The Morgan fingerprint density at radius 2 is 1.22 bits per heavy atom. The minimum absolute atomic E-state index is 0.00501. The zero-order chi connectivity index (χ0) is 54.2. The lowest BCUT2D eigenvalue weighted by Crippen LogP contribution is -2.45. The van der Waals surface area contributed by atoms with Gasteiger partial charge in [0.1, 0.15) is 17.2 Å². The summed E-state index contributed by atoms with van der Waals surface area (Å²) in [7, 11) is -2.98. The number of carbonyl (C=O) groups excluding carboxylic acids is 1. The number of rotatable bonds is 15. The number of nitrogens with zero attached hydrogens (tertiary/aromatic N) is 8. The second-order valence-electron chi connectivity index (χ2n) is 17.7. The molecule has 400 valence electrons. The van der Waals surface area contributed by atoms with Gasteiger partial charge in [-0.25, -0.2) is 54.7 Å². The highest BCUT2D eigenvalue weighted by Crippen LogP contribution is 2.40. The fraction of sp³-hybridized carbons (Fsp3) is 0.475. The monoisotopic (exact) mass is 1130 g/mol. The summed E-state index contributed by atoms with van der Waals surface area (Å²) < 4.78 is 100. The quantitative estimate of drug-likeness (QED) is 0.0635. The van der Waals surface area contributed by atoms with Crippen LogP contribution in [0.25, 0.3) is 23.0 Å². The summed E-state index contributed by atoms with van der Waals surface area (Å²) in [6.45, 7) is 9.61. The summed E-state index contributed by atoms with van der Waals surface area (Å²) in [4.78, 5) is 36.2. The molecule has 4 atom stereocenters. The van der Waals surface area contributed by atoms with E-state index < -0.39 is 84.7 Å². The molecule has 1 amide bonds. The summed E-state index contributed by atoms with van der Waals surface area (Å²) >= 11 is 2.12. The van der Waals surface area contributed by atoms with Gasteiger partial charge in [-0.3, -0.25) is 9.05 Å². The number of benzene rings is 2. The van der Waals surface area contributed by atoms with Crippen molar-refractivity contribution < 1.29 is 68.8 Å². The number of amides is 1. The molecular weight excluding hydrogens is 1080 g/mol. The van der Waals surface area contributed by atoms with Crippen molar-refractivity contribution >= 4 is 59.6 Å². The number of thioether (sulfide) groups is 2. The molecule has 2 aromatic carbocycles. The standard InChI is InChI=1S/C20H23FN6O8S2.C15H14FN5O4S.C4H10O.CH3ClO2S/c1-20(2,3)33-18(29)26-37(31,32)22-8-12(28)9-36-17-15(23-35-25-17)16-24-34-19(30)27(16)14-6-10-4-5-11(21)7-13(10)14;16-8-2-1-7-3-11(10(7)4-8)21-13(19-24-15(21)23)12-14(20-25-18-12)26-6-9(22)5-17;1-4(2,3)5;1-5(2,3)4/h4-5,7,12,14,22,28H,6,8-9H2,1-3H3,(H,26,29);1-2,4,9,11,22H,3,5-6,17H2;5H,1-3H3;1H3/t12?,14-;9?,11-;;/m00../s1. The predicted octanol–water partition coefficient (Wildman–Crippen LogP) is 2.53. The van der Waals surface area contributed by atoms with Crippen molar-refractivity contribution in [2.24, 2.45) is 5.73 Å². The maximum Gasteiger partial charge on any atom is 0.442 e. The van der Waals surface area contributed by atoms with E-state index in [0.717, 1.165) is 29.1 Å². The van der Waals surface area contributed by atoms with Crippen molar-refractivity contribution in [1.82, 2.24) is 49.5 Å². The van der Waals surface area contributed by atoms with E-state index in [2.05, 4.69) is 41.6 Å². The average Bonchev–Trinajstić information content (AvgIpc) is 4.07. The molecule has 7 N–H and O–H groups in total. The Morgan fingerprint density at radius 1 is 0.808 bits per heavy atom. The number of carbonyl (C=O) groups is 1. The molecule has 2 unspecified atom stereocenters. The number of aromatic nitrogens is 8. The maximum absolute atomic E-state index is 13.7. The van der Waals surface area contributed by atoms with Crippen LogP contribution in [0, 0.1) is 11.6 Å². The fourth-order valence-electron chi connectivity index (χ4n) is 6.29. The van der Waals surface area contributed by atoms with E-state index in [1.807, 2.05) is 4.72 Å². The van der Waals surface area contributed by atoms with Gasteiger partial charge in [-0.2, -0.15) is 13.1 Å². The van der Waals surface area contributed by atoms with Crippen molar-refractivity contribution in [3.8, 4) is 23.0 Å². The second kappa shape index (κ2) is 24.2. The van der Waals surface area contributed by atoms with Crippen molar-refractivity contribution in [3.63, 3.8) is 0 Å². The Kier molecular flexibility index (Phi) is 19.3. The van der Waals surface area contributed by atoms with E-state index in [1.165, 1.54) is 45.2 Å². The normalized spacial score (nSPS) is 15.8. The molecule has 2 aliphatic rings. The number of aliphatic hydroxyl groups excluding tert-OH is 2. The second-order valence-corrected chi connectivity index (χ2v) is 24.3. The largest absolute Gasteiger partial charge is 0.443 e. The van der Waals surface area contributed by atoms with Gasteiger partial charge in [0.15, 0.2) is 21.4 Å². The van der Waals surface area contributed by atoms with Crippen LogP contribution < -0.4 is 26.7 Å². The summed E-state index contributed by atoms with van der Waals surface area (Å²) in [5.41, 5.74) is 7.40. The van der Waals surface area contributed by atoms with Gasteiger partial charge in [-0.1, -0.05) is 46.0 Å². The van der Waals surface area contributed by atoms with Gasteiger partial charge in [0.2, 0.25) is 20.7 Å². The van der Waals surface area contributed by atoms with Crippen molar-refractivity contribution in [1.29, 1.82) is 0 Å². The number of nitrogens with one attached hydrogen (secondary N) is 2. The first-order valence-corrected chi connectivity index (χ1v) is 27.4. The Bertz CT molecular complexity index is 3190. The Hall–Kier alpha value is -5.58. The van der Waals surface area contributed by atoms with E-state index in [1.54, 1.807) is 58.4 Å². The number of nitrogens with two attached hydrogens (primary N) is 1. The maximum atomic E-state index is 13.7. The zero-order valence-electron chi connectivity index (χ0n) is 39.7. The topological polar surface area (TPSA) is 379 Å². The molecule has 33 heteroatoms. The van der Waals surface area contributed by atoms with Gasteiger partial charge < -0.3 is 25.8 Å². The average molecular weight is 1130 g/mol. The van der Waals surface area contributed by atoms with Crippen LogP contribution >= 0.6 is 34.2 Å². The highest BCUT2D eigenvalue weighted by Gasteiger charge is 2.36. The van der Waals surface area contributed by atoms with Crippen LogP contribution in [0.3, 0.4) is 0 Å². The number of hydrogen-bond donors (Lipinski definition) is 6. The number of hydrogen-bond acceptors (Lipinski definition) is 24. The summed E-state index contributed by atoms with van der Waals surface area (Å²) in [6.07, 6.45) is -1.18. The minimum atomic E-state index is -4.29. The first-order chi connectivity index (χ1) is 33.9. The molecule has 8 rings (SSSR count). The highest BCUT2D eigenvalue weighted by molar-refractivity contribution is 8.13. The van der Waals surface area contributed by atoms with E-state index in [-0.39, 0.29) is 51.9 Å². The number of fused-ring (bicyclic) bond motifs is 2. The smallest absolute Gasteiger partial charge is 0.442 e. The Morgan fingerprint density at radius 3 is 1.62 bits per heavy atom. The van der Waals surface area contributed by atoms with Crippen LogP contribution in [-0.2, 0) is 36.8 Å². The van der Waals surface area contributed by atoms with Crippen LogP contribution in [0.15, 0.2) is 74.3 Å². The van der Waals surface area contributed by atoms with Gasteiger partial charge in [-0.15, -0.1) is 0 Å². The molecule has 4 aromatic heterocycles. The molecule has 26 nitrogen and oxygen atoms in total. The van der Waals surface area contributed by atoms with Crippen molar-refractivity contribution in [3.05, 3.63) is 91.4 Å². The predicted molar refractivity (Wildman–Crippen MR) is 256 cm³/mol. The summed E-state index contributed by atoms with van der Waals surface area (Å²) in [6, 6.07) is 7.83. The van der Waals surface area contributed by atoms with Crippen LogP contribution in [0.1, 0.15) is 75.9 Å². The third-order valence-electron chi connectivity index (χ3n) is 9.22. The van der Waals surface area contributed by atoms with E-state index >= 15 is 0 Å². The lowest BCUT2D eigenvalue weighted by Gasteiger charge is -2.30. The van der Waals surface area contributed by atoms with Crippen LogP contribution in [-0.4, -0.2) is 133 Å². The molecule has 0 saturated heterocycles. The minimum Gasteiger partial charge on any atom is -0.443 e. The lowest BCUT2D eigenvalue weighted by molar-refractivity contribution is 0.0569. The number of aliphatic hydroxyl groups is 3. The van der Waals surface area contributed by atoms with Gasteiger partial charge >= 0.3 is 27.8 Å². The lowest BCUT2D eigenvalue weighted by atomic mass is 9.83. The molecule has 73 heavy (non-hydrogen) atoms. The first kappa shape index (κ1) is 58.3. The third-order valence-corrected chi connectivity index (χ3v) is 12.4. The number of ether oxygens (including phenoxy) is 1. The third kappa shape index (κ3) is 17.2. The van der Waals surface area contributed by atoms with Crippen LogP contribution in [0.4, 0.5) is 13.6 Å². The fourth-order valence-corrected chi connectivity index (χ4v) is 8.69. The van der Waals surface area contributed by atoms with E-state index in [9.17, 15) is 50.2 Å². The molecular formula is C40H50ClF2N11O15S4. The molecule has 0 spiro atoms. The highest BCUT2D eigenvalue weighted by atomic mass is 35.7. The van der Waals surface area contributed by atoms with E-state index in [0.29, 0.717) is 29.0 Å². The number of halogens is 3. The van der Waals surface area contributed by atoms with Gasteiger partial charge in [0.25, 0.3) is 0 Å². The van der Waals surface area contributed by atoms with Crippen LogP contribution in [0.2, 0.25) is 0 Å². The molecule has 0 radical (unpaired) electrons. The summed E-state index contributed by atoms with van der Waals surface area (Å²) in [5.74, 6) is -1.94. The SMILES string of the molecule is CC(C)(C)O.CC(C)(C)OC(=O)NS(=O)(=O)NCC(O)CSc1nonc1-c1noc(=O)n1[C@H]1Cc2ccc(F)cc21.CS(=O)(=O)Cl.NCC(O)CSc1nonc1-c1noc(=O)n1[C@H]1Cc2ccc(F)cc21. The van der Waals surface area contributed by atoms with Crippen LogP contribution in [0.5, 0.6) is 0 Å². The van der Waals surface area contributed by atoms with E-state index in [4.69, 9.17) is 33.9 Å². The Balaban J connectivity index is 0.000000237. The zero-order valence-corrected chi connectivity index (χ0v) is 43.7. The Labute approximate surface area is 426 Å². The molecule has 0 fully saturated rings. The van der Waals surface area contributed by atoms with Crippen molar-refractivity contribution in [2.75, 3.05) is 30.9 Å². The molecule has 0 bridgehead atoms. The molecule has 0 saturated carbocycles. The van der Waals surface area contributed by atoms with Gasteiger partial charge in [-0.05, 0) is 122 Å². The first-order valence-electron chi connectivity index (χ1n) is 21.2. The molecule has 0 aliphatic heterocycles. The molecule has 4 heterocycles. The van der Waals surface area contributed by atoms with Gasteiger partial charge in [0, 0.05) is 35.3 Å². The molecule has 6 aromatic rings.